The quantitative estimate of drug-likeness (QED) is 0.765. The zero-order chi connectivity index (χ0) is 12.3. The summed E-state index contributed by atoms with van der Waals surface area (Å²) in [6, 6.07) is 1.71. The number of nitrogens with one attached hydrogen (secondary N) is 1. The van der Waals surface area contributed by atoms with Crippen molar-refractivity contribution >= 4 is 0 Å². The lowest BCUT2D eigenvalue weighted by molar-refractivity contribution is 0.214. The minimum atomic E-state index is 0.791. The van der Waals surface area contributed by atoms with Crippen molar-refractivity contribution in [1.82, 2.24) is 10.2 Å². The molecule has 100 valence electrons. The fourth-order valence-corrected chi connectivity index (χ4v) is 3.18. The number of nitrogens with zero attached hydrogens (tertiary/aromatic N) is 1. The van der Waals surface area contributed by atoms with Gasteiger partial charge in [0.15, 0.2) is 0 Å². The third-order valence-electron chi connectivity index (χ3n) is 4.90. The Morgan fingerprint density at radius 3 is 2.41 bits per heavy atom. The first-order valence-electron chi connectivity index (χ1n) is 7.68. The van der Waals surface area contributed by atoms with Gasteiger partial charge in [-0.15, -0.1) is 0 Å². The van der Waals surface area contributed by atoms with Crippen LogP contribution in [0.1, 0.15) is 52.9 Å². The van der Waals surface area contributed by atoms with Gasteiger partial charge < -0.3 is 5.32 Å². The topological polar surface area (TPSA) is 15.3 Å². The highest BCUT2D eigenvalue weighted by atomic mass is 15.2. The van der Waals surface area contributed by atoms with Crippen molar-refractivity contribution in [3.05, 3.63) is 0 Å². The van der Waals surface area contributed by atoms with E-state index < -0.39 is 0 Å². The first kappa shape index (κ1) is 13.4. The summed E-state index contributed by atoms with van der Waals surface area (Å²) in [4.78, 5) is 2.64. The van der Waals surface area contributed by atoms with Crippen LogP contribution in [0.5, 0.6) is 0 Å². The average Bonchev–Trinajstić information content (AvgIpc) is 3.13. The molecule has 0 amide bonds. The molecule has 0 aromatic carbocycles. The normalized spacial score (nSPS) is 34.2. The van der Waals surface area contributed by atoms with Gasteiger partial charge in [-0.25, -0.2) is 0 Å². The summed E-state index contributed by atoms with van der Waals surface area (Å²) in [5.41, 5.74) is 0. The van der Waals surface area contributed by atoms with Crippen LogP contribution in [0.3, 0.4) is 0 Å². The molecule has 0 bridgehead atoms. The highest BCUT2D eigenvalue weighted by molar-refractivity contribution is 4.85. The molecule has 2 rings (SSSR count). The Morgan fingerprint density at radius 2 is 1.82 bits per heavy atom. The van der Waals surface area contributed by atoms with E-state index in [1.54, 1.807) is 0 Å². The first-order chi connectivity index (χ1) is 8.20. The molecular formula is C15H30N2. The van der Waals surface area contributed by atoms with E-state index in [0.717, 1.165) is 23.9 Å². The van der Waals surface area contributed by atoms with Crippen LogP contribution in [-0.4, -0.2) is 36.6 Å². The summed E-state index contributed by atoms with van der Waals surface area (Å²) in [7, 11) is 0. The minimum Gasteiger partial charge on any atom is -0.313 e. The molecule has 17 heavy (non-hydrogen) atoms. The molecule has 1 N–H and O–H groups in total. The second-order valence-electron chi connectivity index (χ2n) is 6.28. The molecule has 0 aromatic heterocycles. The fourth-order valence-electron chi connectivity index (χ4n) is 3.18. The monoisotopic (exact) mass is 238 g/mol. The number of likely N-dealkylation sites (N-methyl/N-ethyl adjacent to an activating group) is 1. The smallest absolute Gasteiger partial charge is 0.0110 e. The molecule has 0 radical (unpaired) electrons. The molecule has 2 aliphatic rings. The maximum atomic E-state index is 3.78. The van der Waals surface area contributed by atoms with E-state index in [0.29, 0.717) is 0 Å². The largest absolute Gasteiger partial charge is 0.313 e. The van der Waals surface area contributed by atoms with Crippen molar-refractivity contribution in [1.29, 1.82) is 0 Å². The van der Waals surface area contributed by atoms with Crippen LogP contribution in [-0.2, 0) is 0 Å². The molecule has 2 fully saturated rings. The molecule has 0 heterocycles. The van der Waals surface area contributed by atoms with Crippen LogP contribution in [0.2, 0.25) is 0 Å². The van der Waals surface area contributed by atoms with Gasteiger partial charge in [0.05, 0.1) is 0 Å². The molecule has 0 aromatic rings. The summed E-state index contributed by atoms with van der Waals surface area (Å²) in [6.07, 6.45) is 7.06. The summed E-state index contributed by atoms with van der Waals surface area (Å²) in [6.45, 7) is 10.8. The zero-order valence-electron chi connectivity index (χ0n) is 11.9. The van der Waals surface area contributed by atoms with Crippen molar-refractivity contribution in [2.45, 2.75) is 65.0 Å². The Kier molecular flexibility index (Phi) is 4.87. The molecule has 3 atom stereocenters. The molecule has 2 saturated carbocycles. The maximum absolute atomic E-state index is 3.78. The maximum Gasteiger partial charge on any atom is 0.0110 e. The van der Waals surface area contributed by atoms with Gasteiger partial charge in [-0.3, -0.25) is 4.90 Å². The molecule has 2 nitrogen and oxygen atoms in total. The van der Waals surface area contributed by atoms with Crippen molar-refractivity contribution in [2.75, 3.05) is 19.6 Å². The zero-order valence-corrected chi connectivity index (χ0v) is 11.9. The number of rotatable bonds is 6. The van der Waals surface area contributed by atoms with Crippen molar-refractivity contribution in [3.63, 3.8) is 0 Å². The second-order valence-corrected chi connectivity index (χ2v) is 6.28. The van der Waals surface area contributed by atoms with E-state index in [-0.39, 0.29) is 0 Å². The Balaban J connectivity index is 1.61. The van der Waals surface area contributed by atoms with Crippen LogP contribution in [0.15, 0.2) is 0 Å². The van der Waals surface area contributed by atoms with Crippen molar-refractivity contribution in [3.8, 4) is 0 Å². The molecule has 3 unspecified atom stereocenters. The standard InChI is InChI=1S/C15H30N2/c1-4-17(15-7-8-15)10-9-16-14-6-5-12(2)13(3)11-14/h12-16H,4-11H2,1-3H3. The molecule has 0 aliphatic heterocycles. The van der Waals surface area contributed by atoms with E-state index in [1.165, 1.54) is 51.7 Å². The van der Waals surface area contributed by atoms with Gasteiger partial charge in [0.2, 0.25) is 0 Å². The molecule has 0 saturated heterocycles. The van der Waals surface area contributed by atoms with Crippen molar-refractivity contribution in [2.24, 2.45) is 11.8 Å². The highest BCUT2D eigenvalue weighted by Crippen LogP contribution is 2.29. The summed E-state index contributed by atoms with van der Waals surface area (Å²) >= 11 is 0. The minimum absolute atomic E-state index is 0.791. The third kappa shape index (κ3) is 3.96. The average molecular weight is 238 g/mol. The summed E-state index contributed by atoms with van der Waals surface area (Å²) < 4.78 is 0. The Bertz CT molecular complexity index is 225. The molecule has 0 spiro atoms. The SMILES string of the molecule is CCN(CCNC1CCC(C)C(C)C1)C1CC1. The van der Waals surface area contributed by atoms with E-state index in [9.17, 15) is 0 Å². The molecular weight excluding hydrogens is 208 g/mol. The van der Waals surface area contributed by atoms with Gasteiger partial charge >= 0.3 is 0 Å². The van der Waals surface area contributed by atoms with Crippen molar-refractivity contribution < 1.29 is 0 Å². The van der Waals surface area contributed by atoms with Crippen LogP contribution in [0.25, 0.3) is 0 Å². The summed E-state index contributed by atoms with van der Waals surface area (Å²) in [5, 5.41) is 3.78. The summed E-state index contributed by atoms with van der Waals surface area (Å²) in [5.74, 6) is 1.85. The molecule has 2 aliphatic carbocycles. The van der Waals surface area contributed by atoms with Gasteiger partial charge in [0, 0.05) is 25.2 Å². The number of hydrogen-bond acceptors (Lipinski definition) is 2. The third-order valence-corrected chi connectivity index (χ3v) is 4.90. The van der Waals surface area contributed by atoms with Gasteiger partial charge in [0.25, 0.3) is 0 Å². The van der Waals surface area contributed by atoms with E-state index in [1.807, 2.05) is 0 Å². The lowest BCUT2D eigenvalue weighted by atomic mass is 9.79. The fraction of sp³-hybridized carbons (Fsp3) is 1.00. The van der Waals surface area contributed by atoms with E-state index in [4.69, 9.17) is 0 Å². The van der Waals surface area contributed by atoms with Gasteiger partial charge in [0.1, 0.15) is 0 Å². The lowest BCUT2D eigenvalue weighted by Crippen LogP contribution is -2.41. The predicted molar refractivity (Wildman–Crippen MR) is 74.2 cm³/mol. The lowest BCUT2D eigenvalue weighted by Gasteiger charge is -2.33. The van der Waals surface area contributed by atoms with Crippen LogP contribution >= 0.6 is 0 Å². The highest BCUT2D eigenvalue weighted by Gasteiger charge is 2.28. The first-order valence-corrected chi connectivity index (χ1v) is 7.68. The Hall–Kier alpha value is -0.0800. The second kappa shape index (κ2) is 6.19. The number of hydrogen-bond donors (Lipinski definition) is 1. The van der Waals surface area contributed by atoms with Crippen LogP contribution < -0.4 is 5.32 Å². The van der Waals surface area contributed by atoms with Crippen LogP contribution in [0.4, 0.5) is 0 Å². The van der Waals surface area contributed by atoms with Gasteiger partial charge in [-0.05, 0) is 50.5 Å². The predicted octanol–water partition coefficient (Wildman–Crippen LogP) is 2.89. The Morgan fingerprint density at radius 1 is 1.06 bits per heavy atom. The van der Waals surface area contributed by atoms with E-state index in [2.05, 4.69) is 31.0 Å². The van der Waals surface area contributed by atoms with Crippen LogP contribution in [0, 0.1) is 11.8 Å². The molecule has 2 heteroatoms. The Labute approximate surface area is 107 Å². The van der Waals surface area contributed by atoms with Gasteiger partial charge in [-0.2, -0.15) is 0 Å². The van der Waals surface area contributed by atoms with Gasteiger partial charge in [-0.1, -0.05) is 20.8 Å². The van der Waals surface area contributed by atoms with E-state index >= 15 is 0 Å².